The highest BCUT2D eigenvalue weighted by Crippen LogP contribution is 2.30. The Morgan fingerprint density at radius 2 is 2.20 bits per heavy atom. The topological polar surface area (TPSA) is 73.1 Å². The smallest absolute Gasteiger partial charge is 0.296 e. The second-order valence-electron chi connectivity index (χ2n) is 2.44. The van der Waals surface area contributed by atoms with Crippen LogP contribution < -0.4 is 0 Å². The summed E-state index contributed by atoms with van der Waals surface area (Å²) in [6.07, 6.45) is -2.93. The van der Waals surface area contributed by atoms with Crippen molar-refractivity contribution < 1.29 is 18.5 Å². The van der Waals surface area contributed by atoms with Crippen molar-refractivity contribution in [3.63, 3.8) is 0 Å². The molecule has 0 bridgehead atoms. The largest absolute Gasteiger partial charge is 0.316 e. The number of pyridine rings is 1. The predicted octanol–water partition coefficient (Wildman–Crippen LogP) is 2.39. The van der Waals surface area contributed by atoms with Gasteiger partial charge in [0, 0.05) is 0 Å². The standard InChI is InChI=1S/C7H3ClF2N2O3/c8-3-1-4(7(9)10)11-5(2-13)6(3)12(14)15/h1-2,7H. The molecular formula is C7H3ClF2N2O3. The first kappa shape index (κ1) is 11.4. The van der Waals surface area contributed by atoms with Crippen LogP contribution in [0.3, 0.4) is 0 Å². The number of carbonyl (C=O) groups is 1. The molecule has 5 nitrogen and oxygen atoms in total. The van der Waals surface area contributed by atoms with E-state index < -0.39 is 33.4 Å². The molecule has 0 saturated carbocycles. The van der Waals surface area contributed by atoms with Crippen molar-refractivity contribution in [3.05, 3.63) is 32.6 Å². The molecule has 1 aromatic rings. The van der Waals surface area contributed by atoms with E-state index in [9.17, 15) is 23.7 Å². The Hall–Kier alpha value is -1.63. The second-order valence-corrected chi connectivity index (χ2v) is 2.85. The lowest BCUT2D eigenvalue weighted by atomic mass is 10.2. The van der Waals surface area contributed by atoms with Gasteiger partial charge >= 0.3 is 5.69 Å². The van der Waals surface area contributed by atoms with Crippen LogP contribution in [0.25, 0.3) is 0 Å². The van der Waals surface area contributed by atoms with Crippen molar-refractivity contribution in [1.29, 1.82) is 0 Å². The minimum Gasteiger partial charge on any atom is -0.296 e. The van der Waals surface area contributed by atoms with Crippen molar-refractivity contribution >= 4 is 23.6 Å². The van der Waals surface area contributed by atoms with Crippen LogP contribution in [0.4, 0.5) is 14.5 Å². The molecule has 80 valence electrons. The Labute approximate surface area is 86.8 Å². The van der Waals surface area contributed by atoms with E-state index in [0.717, 1.165) is 0 Å². The molecule has 0 amide bonds. The fraction of sp³-hybridized carbons (Fsp3) is 0.143. The van der Waals surface area contributed by atoms with Crippen LogP contribution in [0.15, 0.2) is 6.07 Å². The van der Waals surface area contributed by atoms with Crippen molar-refractivity contribution in [2.75, 3.05) is 0 Å². The number of aromatic nitrogens is 1. The van der Waals surface area contributed by atoms with E-state index in [1.165, 1.54) is 0 Å². The third-order valence-corrected chi connectivity index (χ3v) is 1.80. The number of rotatable bonds is 3. The van der Waals surface area contributed by atoms with Gasteiger partial charge in [0.2, 0.25) is 0 Å². The Kier molecular flexibility index (Phi) is 3.25. The molecule has 15 heavy (non-hydrogen) atoms. The van der Waals surface area contributed by atoms with Crippen LogP contribution in [0.2, 0.25) is 5.02 Å². The molecule has 0 aliphatic rings. The fourth-order valence-electron chi connectivity index (χ4n) is 0.920. The first-order valence-electron chi connectivity index (χ1n) is 3.55. The number of hydrogen-bond donors (Lipinski definition) is 0. The summed E-state index contributed by atoms with van der Waals surface area (Å²) in [6, 6.07) is 0.664. The van der Waals surface area contributed by atoms with E-state index in [-0.39, 0.29) is 6.29 Å². The van der Waals surface area contributed by atoms with E-state index in [0.29, 0.717) is 6.07 Å². The molecule has 1 heterocycles. The molecule has 8 heteroatoms. The zero-order valence-electron chi connectivity index (χ0n) is 6.99. The highest BCUT2D eigenvalue weighted by molar-refractivity contribution is 6.33. The van der Waals surface area contributed by atoms with Gasteiger partial charge in [0.25, 0.3) is 6.43 Å². The summed E-state index contributed by atoms with van der Waals surface area (Å²) in [5, 5.41) is 9.88. The SMILES string of the molecule is O=Cc1nc(C(F)F)cc(Cl)c1[N+](=O)[O-]. The van der Waals surface area contributed by atoms with Gasteiger partial charge in [-0.25, -0.2) is 13.8 Å². The van der Waals surface area contributed by atoms with Crippen molar-refractivity contribution in [1.82, 2.24) is 4.98 Å². The van der Waals surface area contributed by atoms with Gasteiger partial charge in [0.15, 0.2) is 12.0 Å². The number of halogens is 3. The van der Waals surface area contributed by atoms with Gasteiger partial charge in [-0.1, -0.05) is 11.6 Å². The number of nitro groups is 1. The van der Waals surface area contributed by atoms with Crippen LogP contribution in [-0.2, 0) is 0 Å². The average molecular weight is 237 g/mol. The fourth-order valence-corrected chi connectivity index (χ4v) is 1.20. The normalized spacial score (nSPS) is 10.4. The Morgan fingerprint density at radius 3 is 2.60 bits per heavy atom. The van der Waals surface area contributed by atoms with E-state index in [2.05, 4.69) is 4.98 Å². The maximum atomic E-state index is 12.2. The van der Waals surface area contributed by atoms with Gasteiger partial charge in [0.05, 0.1) is 4.92 Å². The summed E-state index contributed by atoms with van der Waals surface area (Å²) in [5.41, 5.74) is -2.24. The first-order chi connectivity index (χ1) is 6.97. The third-order valence-electron chi connectivity index (χ3n) is 1.51. The highest BCUT2D eigenvalue weighted by atomic mass is 35.5. The quantitative estimate of drug-likeness (QED) is 0.459. The second kappa shape index (κ2) is 4.26. The molecule has 0 saturated heterocycles. The van der Waals surface area contributed by atoms with Crippen LogP contribution in [0, 0.1) is 10.1 Å². The number of nitrogens with zero attached hydrogens (tertiary/aromatic N) is 2. The van der Waals surface area contributed by atoms with Crippen LogP contribution in [-0.4, -0.2) is 16.2 Å². The number of alkyl halides is 2. The molecule has 0 spiro atoms. The van der Waals surface area contributed by atoms with Gasteiger partial charge < -0.3 is 0 Å². The predicted molar refractivity (Wildman–Crippen MR) is 46.2 cm³/mol. The molecule has 0 aromatic carbocycles. The molecule has 0 radical (unpaired) electrons. The first-order valence-corrected chi connectivity index (χ1v) is 3.93. The zero-order valence-corrected chi connectivity index (χ0v) is 7.74. The summed E-state index contributed by atoms with van der Waals surface area (Å²) < 4.78 is 24.4. The Morgan fingerprint density at radius 1 is 1.60 bits per heavy atom. The van der Waals surface area contributed by atoms with E-state index in [4.69, 9.17) is 11.6 Å². The molecule has 1 rings (SSSR count). The monoisotopic (exact) mass is 236 g/mol. The van der Waals surface area contributed by atoms with E-state index >= 15 is 0 Å². The molecule has 0 aliphatic carbocycles. The van der Waals surface area contributed by atoms with Crippen LogP contribution in [0.1, 0.15) is 22.6 Å². The Balaban J connectivity index is 3.44. The third kappa shape index (κ3) is 2.24. The van der Waals surface area contributed by atoms with Gasteiger partial charge in [-0.2, -0.15) is 0 Å². The van der Waals surface area contributed by atoms with Crippen molar-refractivity contribution in [3.8, 4) is 0 Å². The molecule has 0 N–H and O–H groups in total. The molecule has 0 aliphatic heterocycles. The zero-order chi connectivity index (χ0) is 11.6. The summed E-state index contributed by atoms with van der Waals surface area (Å²) in [5.74, 6) is 0. The van der Waals surface area contributed by atoms with Crippen molar-refractivity contribution in [2.24, 2.45) is 0 Å². The maximum absolute atomic E-state index is 12.2. The molecule has 1 aromatic heterocycles. The van der Waals surface area contributed by atoms with Gasteiger partial charge in [-0.3, -0.25) is 14.9 Å². The summed E-state index contributed by atoms with van der Waals surface area (Å²) in [6.45, 7) is 0. The lowest BCUT2D eigenvalue weighted by molar-refractivity contribution is -0.385. The molecule has 0 atom stereocenters. The number of carbonyl (C=O) groups excluding carboxylic acids is 1. The minimum atomic E-state index is -2.94. The summed E-state index contributed by atoms with van der Waals surface area (Å²) in [7, 11) is 0. The maximum Gasteiger partial charge on any atom is 0.316 e. The molecule has 0 unspecified atom stereocenters. The van der Waals surface area contributed by atoms with Gasteiger partial charge in [-0.15, -0.1) is 0 Å². The summed E-state index contributed by atoms with van der Waals surface area (Å²) in [4.78, 5) is 23.0. The van der Waals surface area contributed by atoms with Crippen LogP contribution in [0.5, 0.6) is 0 Å². The number of aldehydes is 1. The molecular weight excluding hydrogens is 234 g/mol. The van der Waals surface area contributed by atoms with E-state index in [1.54, 1.807) is 0 Å². The minimum absolute atomic E-state index is 0.00981. The lowest BCUT2D eigenvalue weighted by Gasteiger charge is -2.02. The van der Waals surface area contributed by atoms with Gasteiger partial charge in [0.1, 0.15) is 10.7 Å². The Bertz CT molecular complexity index is 425. The van der Waals surface area contributed by atoms with Gasteiger partial charge in [-0.05, 0) is 6.07 Å². The average Bonchev–Trinajstić information content (AvgIpc) is 2.15. The highest BCUT2D eigenvalue weighted by Gasteiger charge is 2.23. The molecule has 0 fully saturated rings. The van der Waals surface area contributed by atoms with E-state index in [1.807, 2.05) is 0 Å². The number of hydrogen-bond acceptors (Lipinski definition) is 4. The lowest BCUT2D eigenvalue weighted by Crippen LogP contribution is -2.02. The summed E-state index contributed by atoms with van der Waals surface area (Å²) >= 11 is 5.38. The van der Waals surface area contributed by atoms with Crippen molar-refractivity contribution in [2.45, 2.75) is 6.43 Å². The van der Waals surface area contributed by atoms with Crippen LogP contribution >= 0.6 is 11.6 Å².